The lowest BCUT2D eigenvalue weighted by Crippen LogP contribution is -2.36. The summed E-state index contributed by atoms with van der Waals surface area (Å²) >= 11 is 0. The molecule has 0 aromatic heterocycles. The Morgan fingerprint density at radius 3 is 2.41 bits per heavy atom. The summed E-state index contributed by atoms with van der Waals surface area (Å²) in [5.74, 6) is -0.0175. The van der Waals surface area contributed by atoms with E-state index in [1.54, 1.807) is 19.1 Å². The molecule has 1 aliphatic rings. The van der Waals surface area contributed by atoms with E-state index in [1.807, 2.05) is 6.92 Å². The van der Waals surface area contributed by atoms with Crippen LogP contribution in [0.1, 0.15) is 36.8 Å². The zero-order valence-corrected chi connectivity index (χ0v) is 14.2. The Morgan fingerprint density at radius 2 is 1.82 bits per heavy atom. The summed E-state index contributed by atoms with van der Waals surface area (Å²) in [4.78, 5) is 12.3. The van der Waals surface area contributed by atoms with Crippen molar-refractivity contribution in [1.29, 1.82) is 0 Å². The first-order valence-corrected chi connectivity index (χ1v) is 9.51. The standard InChI is InChI=1S/C16H24N2O3S/c1-11-12(2)15(22(3,20)21)9-8-14(11)17-10-16(19)18-13-6-4-5-7-13/h8-9,13,17H,4-7,10H2,1-3H3,(H,18,19). The molecular formula is C16H24N2O3S. The average molecular weight is 324 g/mol. The molecule has 0 bridgehead atoms. The van der Waals surface area contributed by atoms with Gasteiger partial charge in [-0.2, -0.15) is 0 Å². The third-order valence-corrected chi connectivity index (χ3v) is 5.54. The third-order valence-electron chi connectivity index (χ3n) is 4.30. The second-order valence-corrected chi connectivity index (χ2v) is 8.02. The largest absolute Gasteiger partial charge is 0.376 e. The van der Waals surface area contributed by atoms with Crippen LogP contribution in [0.4, 0.5) is 5.69 Å². The maximum Gasteiger partial charge on any atom is 0.239 e. The van der Waals surface area contributed by atoms with Gasteiger partial charge < -0.3 is 10.6 Å². The van der Waals surface area contributed by atoms with E-state index in [9.17, 15) is 13.2 Å². The SMILES string of the molecule is Cc1c(NCC(=O)NC2CCCC2)ccc(S(C)(=O)=O)c1C. The first-order chi connectivity index (χ1) is 10.3. The normalized spacial score (nSPS) is 15.8. The molecule has 2 N–H and O–H groups in total. The van der Waals surface area contributed by atoms with Crippen LogP contribution in [0.2, 0.25) is 0 Å². The van der Waals surface area contributed by atoms with E-state index in [0.717, 1.165) is 29.7 Å². The fourth-order valence-corrected chi connectivity index (χ4v) is 3.94. The summed E-state index contributed by atoms with van der Waals surface area (Å²) in [6, 6.07) is 3.63. The van der Waals surface area contributed by atoms with Crippen LogP contribution in [0.5, 0.6) is 0 Å². The Morgan fingerprint density at radius 1 is 1.18 bits per heavy atom. The fraction of sp³-hybridized carbons (Fsp3) is 0.562. The lowest BCUT2D eigenvalue weighted by Gasteiger charge is -2.16. The van der Waals surface area contributed by atoms with Crippen LogP contribution in [0, 0.1) is 13.8 Å². The van der Waals surface area contributed by atoms with E-state index < -0.39 is 9.84 Å². The molecule has 1 aliphatic carbocycles. The summed E-state index contributed by atoms with van der Waals surface area (Å²) < 4.78 is 23.4. The van der Waals surface area contributed by atoms with Gasteiger partial charge in [-0.25, -0.2) is 8.42 Å². The smallest absolute Gasteiger partial charge is 0.239 e. The lowest BCUT2D eigenvalue weighted by molar-refractivity contribution is -0.120. The van der Waals surface area contributed by atoms with Crippen LogP contribution in [-0.4, -0.2) is 33.2 Å². The number of rotatable bonds is 5. The fourth-order valence-electron chi connectivity index (χ4n) is 2.91. The van der Waals surface area contributed by atoms with Crippen molar-refractivity contribution < 1.29 is 13.2 Å². The summed E-state index contributed by atoms with van der Waals surface area (Å²) in [5, 5.41) is 6.12. The molecule has 1 aromatic rings. The van der Waals surface area contributed by atoms with Gasteiger partial charge in [0.25, 0.3) is 0 Å². The summed E-state index contributed by atoms with van der Waals surface area (Å²) in [6.07, 6.45) is 5.70. The van der Waals surface area contributed by atoms with Crippen molar-refractivity contribution in [1.82, 2.24) is 5.32 Å². The Hall–Kier alpha value is -1.56. The minimum Gasteiger partial charge on any atom is -0.376 e. The Bertz CT molecular complexity index is 662. The monoisotopic (exact) mass is 324 g/mol. The van der Waals surface area contributed by atoms with Crippen molar-refractivity contribution in [2.45, 2.75) is 50.5 Å². The highest BCUT2D eigenvalue weighted by atomic mass is 32.2. The number of hydrogen-bond donors (Lipinski definition) is 2. The molecule has 2 rings (SSSR count). The topological polar surface area (TPSA) is 75.3 Å². The van der Waals surface area contributed by atoms with E-state index in [4.69, 9.17) is 0 Å². The maximum atomic E-state index is 11.9. The molecule has 1 saturated carbocycles. The van der Waals surface area contributed by atoms with Crippen LogP contribution in [-0.2, 0) is 14.6 Å². The number of carbonyl (C=O) groups excluding carboxylic acids is 1. The Kier molecular flexibility index (Phi) is 5.11. The number of amides is 1. The highest BCUT2D eigenvalue weighted by Gasteiger charge is 2.18. The van der Waals surface area contributed by atoms with Gasteiger partial charge >= 0.3 is 0 Å². The second-order valence-electron chi connectivity index (χ2n) is 6.04. The van der Waals surface area contributed by atoms with Crippen molar-refractivity contribution in [2.75, 3.05) is 18.1 Å². The van der Waals surface area contributed by atoms with Gasteiger partial charge in [-0.15, -0.1) is 0 Å². The minimum atomic E-state index is -3.23. The summed E-state index contributed by atoms with van der Waals surface area (Å²) in [5.41, 5.74) is 2.38. The van der Waals surface area contributed by atoms with E-state index in [-0.39, 0.29) is 12.5 Å². The van der Waals surface area contributed by atoms with E-state index in [2.05, 4.69) is 10.6 Å². The van der Waals surface area contributed by atoms with Gasteiger partial charge in [0.1, 0.15) is 0 Å². The molecule has 1 aromatic carbocycles. The van der Waals surface area contributed by atoms with Crippen molar-refractivity contribution >= 4 is 21.4 Å². The van der Waals surface area contributed by atoms with Crippen LogP contribution in [0.3, 0.4) is 0 Å². The zero-order chi connectivity index (χ0) is 16.3. The molecule has 0 spiro atoms. The van der Waals surface area contributed by atoms with Crippen molar-refractivity contribution in [3.05, 3.63) is 23.3 Å². The molecule has 1 fully saturated rings. The molecule has 6 heteroatoms. The molecule has 0 saturated heterocycles. The maximum absolute atomic E-state index is 11.9. The predicted molar refractivity (Wildman–Crippen MR) is 87.9 cm³/mol. The third kappa shape index (κ3) is 4.00. The first kappa shape index (κ1) is 16.8. The lowest BCUT2D eigenvalue weighted by atomic mass is 10.1. The van der Waals surface area contributed by atoms with Gasteiger partial charge in [0.05, 0.1) is 11.4 Å². The molecule has 0 heterocycles. The number of nitrogens with one attached hydrogen (secondary N) is 2. The first-order valence-electron chi connectivity index (χ1n) is 7.62. The molecule has 122 valence electrons. The van der Waals surface area contributed by atoms with Crippen LogP contribution in [0.25, 0.3) is 0 Å². The molecular weight excluding hydrogens is 300 g/mol. The van der Waals surface area contributed by atoms with Gasteiger partial charge in [-0.3, -0.25) is 4.79 Å². The number of sulfone groups is 1. The quantitative estimate of drug-likeness (QED) is 0.870. The molecule has 1 amide bonds. The van der Waals surface area contributed by atoms with Crippen molar-refractivity contribution in [3.63, 3.8) is 0 Å². The van der Waals surface area contributed by atoms with Crippen LogP contribution in [0.15, 0.2) is 17.0 Å². The van der Waals surface area contributed by atoms with Gasteiger partial charge in [0, 0.05) is 18.0 Å². The summed E-state index contributed by atoms with van der Waals surface area (Å²) in [7, 11) is -3.23. The van der Waals surface area contributed by atoms with E-state index in [0.29, 0.717) is 10.9 Å². The van der Waals surface area contributed by atoms with Crippen molar-refractivity contribution in [2.24, 2.45) is 0 Å². The molecule has 0 aliphatic heterocycles. The molecule has 0 radical (unpaired) electrons. The van der Waals surface area contributed by atoms with E-state index in [1.165, 1.54) is 19.1 Å². The van der Waals surface area contributed by atoms with Crippen LogP contribution >= 0.6 is 0 Å². The highest BCUT2D eigenvalue weighted by Crippen LogP contribution is 2.25. The molecule has 0 unspecified atom stereocenters. The Labute approximate surface area is 132 Å². The van der Waals surface area contributed by atoms with Gasteiger partial charge in [-0.05, 0) is 49.9 Å². The number of benzene rings is 1. The number of carbonyl (C=O) groups is 1. The van der Waals surface area contributed by atoms with Gasteiger partial charge in [0.2, 0.25) is 5.91 Å². The Balaban J connectivity index is 2.01. The van der Waals surface area contributed by atoms with Crippen molar-refractivity contribution in [3.8, 4) is 0 Å². The number of anilines is 1. The van der Waals surface area contributed by atoms with Crippen LogP contribution < -0.4 is 10.6 Å². The molecule has 0 atom stereocenters. The molecule has 5 nitrogen and oxygen atoms in total. The molecule has 22 heavy (non-hydrogen) atoms. The number of hydrogen-bond acceptors (Lipinski definition) is 4. The second kappa shape index (κ2) is 6.69. The predicted octanol–water partition coefficient (Wildman–Crippen LogP) is 2.18. The minimum absolute atomic E-state index is 0.0175. The zero-order valence-electron chi connectivity index (χ0n) is 13.4. The highest BCUT2D eigenvalue weighted by molar-refractivity contribution is 7.90. The van der Waals surface area contributed by atoms with Gasteiger partial charge in [0.15, 0.2) is 9.84 Å². The average Bonchev–Trinajstić information content (AvgIpc) is 2.91. The van der Waals surface area contributed by atoms with Gasteiger partial charge in [-0.1, -0.05) is 12.8 Å². The summed E-state index contributed by atoms with van der Waals surface area (Å²) in [6.45, 7) is 3.85. The van der Waals surface area contributed by atoms with E-state index >= 15 is 0 Å².